The summed E-state index contributed by atoms with van der Waals surface area (Å²) in [7, 11) is 1.96. The number of rotatable bonds is 2. The van der Waals surface area contributed by atoms with Gasteiger partial charge in [0.25, 0.3) is 0 Å². The van der Waals surface area contributed by atoms with E-state index in [1.54, 1.807) is 0 Å². The van der Waals surface area contributed by atoms with E-state index in [1.807, 2.05) is 31.3 Å². The van der Waals surface area contributed by atoms with E-state index >= 15 is 0 Å². The molecule has 0 radical (unpaired) electrons. The standard InChI is InChI=1S/C14H13NO/c1-15-9-10-6-7-14-12(8-10)11-4-2-3-5-13(11)16-14/h2-8,15H,9H2,1H3. The molecule has 0 aliphatic carbocycles. The Morgan fingerprint density at radius 2 is 1.81 bits per heavy atom. The van der Waals surface area contributed by atoms with Crippen LogP contribution in [0.2, 0.25) is 0 Å². The maximum atomic E-state index is 5.77. The number of furan rings is 1. The lowest BCUT2D eigenvalue weighted by Crippen LogP contribution is -2.04. The number of hydrogen-bond donors (Lipinski definition) is 1. The molecule has 0 saturated heterocycles. The van der Waals surface area contributed by atoms with Crippen LogP contribution in [0.4, 0.5) is 0 Å². The van der Waals surface area contributed by atoms with Gasteiger partial charge in [-0.25, -0.2) is 0 Å². The Bertz CT molecular complexity index is 639. The van der Waals surface area contributed by atoms with Crippen LogP contribution >= 0.6 is 0 Å². The van der Waals surface area contributed by atoms with Gasteiger partial charge in [0.15, 0.2) is 0 Å². The van der Waals surface area contributed by atoms with Crippen molar-refractivity contribution < 1.29 is 4.42 Å². The summed E-state index contributed by atoms with van der Waals surface area (Å²) >= 11 is 0. The average molecular weight is 211 g/mol. The Labute approximate surface area is 93.9 Å². The summed E-state index contributed by atoms with van der Waals surface area (Å²) in [6.07, 6.45) is 0. The summed E-state index contributed by atoms with van der Waals surface area (Å²) in [5.41, 5.74) is 3.20. The lowest BCUT2D eigenvalue weighted by Gasteiger charge is -1.98. The molecular weight excluding hydrogens is 198 g/mol. The van der Waals surface area contributed by atoms with Gasteiger partial charge in [0.2, 0.25) is 0 Å². The first kappa shape index (κ1) is 9.43. The molecule has 0 spiro atoms. The van der Waals surface area contributed by atoms with Crippen LogP contribution in [0.3, 0.4) is 0 Å². The third-order valence-electron chi connectivity index (χ3n) is 2.82. The molecule has 0 aliphatic rings. The molecule has 0 aliphatic heterocycles. The second-order valence-corrected chi connectivity index (χ2v) is 3.96. The van der Waals surface area contributed by atoms with Crippen LogP contribution in [0.25, 0.3) is 21.9 Å². The molecule has 2 heteroatoms. The first-order valence-electron chi connectivity index (χ1n) is 5.43. The van der Waals surface area contributed by atoms with Crippen molar-refractivity contribution in [2.24, 2.45) is 0 Å². The van der Waals surface area contributed by atoms with Gasteiger partial charge >= 0.3 is 0 Å². The van der Waals surface area contributed by atoms with Crippen molar-refractivity contribution in [2.45, 2.75) is 6.54 Å². The zero-order valence-electron chi connectivity index (χ0n) is 9.16. The average Bonchev–Trinajstić information content (AvgIpc) is 2.68. The van der Waals surface area contributed by atoms with E-state index in [2.05, 4.69) is 23.5 Å². The third-order valence-corrected chi connectivity index (χ3v) is 2.82. The van der Waals surface area contributed by atoms with Crippen molar-refractivity contribution in [3.8, 4) is 0 Å². The number of para-hydroxylation sites is 1. The summed E-state index contributed by atoms with van der Waals surface area (Å²) in [6.45, 7) is 0.884. The van der Waals surface area contributed by atoms with Crippen molar-refractivity contribution in [3.05, 3.63) is 48.0 Å². The van der Waals surface area contributed by atoms with Crippen LogP contribution in [0.5, 0.6) is 0 Å². The van der Waals surface area contributed by atoms with Gasteiger partial charge in [0.05, 0.1) is 0 Å². The maximum Gasteiger partial charge on any atom is 0.135 e. The molecule has 2 aromatic carbocycles. The lowest BCUT2D eigenvalue weighted by molar-refractivity contribution is 0.668. The molecule has 80 valence electrons. The van der Waals surface area contributed by atoms with Gasteiger partial charge in [-0.1, -0.05) is 24.3 Å². The SMILES string of the molecule is CNCc1ccc2oc3ccccc3c2c1. The molecule has 0 bridgehead atoms. The Kier molecular flexibility index (Phi) is 2.15. The van der Waals surface area contributed by atoms with E-state index in [-0.39, 0.29) is 0 Å². The second-order valence-electron chi connectivity index (χ2n) is 3.96. The lowest BCUT2D eigenvalue weighted by atomic mass is 10.1. The second kappa shape index (κ2) is 3.65. The first-order valence-corrected chi connectivity index (χ1v) is 5.43. The van der Waals surface area contributed by atoms with Crippen molar-refractivity contribution >= 4 is 21.9 Å². The van der Waals surface area contributed by atoms with Crippen LogP contribution < -0.4 is 5.32 Å². The third kappa shape index (κ3) is 1.39. The zero-order chi connectivity index (χ0) is 11.0. The highest BCUT2D eigenvalue weighted by Gasteiger charge is 2.05. The fraction of sp³-hybridized carbons (Fsp3) is 0.143. The van der Waals surface area contributed by atoms with Crippen LogP contribution in [0, 0.1) is 0 Å². The number of benzene rings is 2. The molecule has 0 saturated carbocycles. The van der Waals surface area contributed by atoms with Crippen molar-refractivity contribution in [1.82, 2.24) is 5.32 Å². The number of fused-ring (bicyclic) bond motifs is 3. The van der Waals surface area contributed by atoms with Crippen molar-refractivity contribution in [3.63, 3.8) is 0 Å². The van der Waals surface area contributed by atoms with Crippen molar-refractivity contribution in [1.29, 1.82) is 0 Å². The highest BCUT2D eigenvalue weighted by Crippen LogP contribution is 2.28. The first-order chi connectivity index (χ1) is 7.88. The van der Waals surface area contributed by atoms with Crippen LogP contribution in [0.1, 0.15) is 5.56 Å². The summed E-state index contributed by atoms with van der Waals surface area (Å²) in [5.74, 6) is 0. The highest BCUT2D eigenvalue weighted by molar-refractivity contribution is 6.04. The van der Waals surface area contributed by atoms with Gasteiger partial charge in [-0.15, -0.1) is 0 Å². The fourth-order valence-electron chi connectivity index (χ4n) is 2.09. The Morgan fingerprint density at radius 3 is 2.69 bits per heavy atom. The molecule has 0 fully saturated rings. The van der Waals surface area contributed by atoms with Gasteiger partial charge < -0.3 is 9.73 Å². The van der Waals surface area contributed by atoms with Crippen LogP contribution in [-0.4, -0.2) is 7.05 Å². The summed E-state index contributed by atoms with van der Waals surface area (Å²) in [5, 5.41) is 5.55. The van der Waals surface area contributed by atoms with Gasteiger partial charge in [0.1, 0.15) is 11.2 Å². The van der Waals surface area contributed by atoms with Crippen LogP contribution in [-0.2, 0) is 6.54 Å². The van der Waals surface area contributed by atoms with Gasteiger partial charge in [-0.2, -0.15) is 0 Å². The number of nitrogens with one attached hydrogen (secondary N) is 1. The summed E-state index contributed by atoms with van der Waals surface area (Å²) < 4.78 is 5.77. The van der Waals surface area contributed by atoms with E-state index in [4.69, 9.17) is 4.42 Å². The minimum atomic E-state index is 0.884. The molecule has 0 atom stereocenters. The van der Waals surface area contributed by atoms with E-state index in [0.29, 0.717) is 0 Å². The van der Waals surface area contributed by atoms with Gasteiger partial charge in [-0.05, 0) is 30.8 Å². The quantitative estimate of drug-likeness (QED) is 0.703. The minimum absolute atomic E-state index is 0.884. The topological polar surface area (TPSA) is 25.2 Å². The largest absolute Gasteiger partial charge is 0.456 e. The Hall–Kier alpha value is -1.80. The maximum absolute atomic E-state index is 5.77. The predicted octanol–water partition coefficient (Wildman–Crippen LogP) is 3.31. The predicted molar refractivity (Wildman–Crippen MR) is 66.5 cm³/mol. The smallest absolute Gasteiger partial charge is 0.135 e. The molecule has 0 amide bonds. The van der Waals surface area contributed by atoms with E-state index in [1.165, 1.54) is 16.3 Å². The Morgan fingerprint density at radius 1 is 1.00 bits per heavy atom. The number of hydrogen-bond acceptors (Lipinski definition) is 2. The van der Waals surface area contributed by atoms with Crippen molar-refractivity contribution in [2.75, 3.05) is 7.05 Å². The molecule has 0 unspecified atom stereocenters. The fourth-order valence-corrected chi connectivity index (χ4v) is 2.09. The minimum Gasteiger partial charge on any atom is -0.456 e. The van der Waals surface area contributed by atoms with Gasteiger partial charge in [0, 0.05) is 17.3 Å². The van der Waals surface area contributed by atoms with Crippen LogP contribution in [0.15, 0.2) is 46.9 Å². The molecule has 2 nitrogen and oxygen atoms in total. The van der Waals surface area contributed by atoms with E-state index in [9.17, 15) is 0 Å². The molecule has 3 aromatic rings. The molecule has 1 aromatic heterocycles. The normalized spacial score (nSPS) is 11.3. The summed E-state index contributed by atoms with van der Waals surface area (Å²) in [6, 6.07) is 14.5. The zero-order valence-corrected chi connectivity index (χ0v) is 9.16. The van der Waals surface area contributed by atoms with Gasteiger partial charge in [-0.3, -0.25) is 0 Å². The van der Waals surface area contributed by atoms with E-state index < -0.39 is 0 Å². The van der Waals surface area contributed by atoms with E-state index in [0.717, 1.165) is 17.7 Å². The monoisotopic (exact) mass is 211 g/mol. The molecule has 3 rings (SSSR count). The molecule has 1 N–H and O–H groups in total. The molecular formula is C14H13NO. The Balaban J connectivity index is 2.31. The molecule has 1 heterocycles. The highest BCUT2D eigenvalue weighted by atomic mass is 16.3. The molecule has 16 heavy (non-hydrogen) atoms. The summed E-state index contributed by atoms with van der Waals surface area (Å²) in [4.78, 5) is 0.